The predicted molar refractivity (Wildman–Crippen MR) is 81.9 cm³/mol. The van der Waals surface area contributed by atoms with Gasteiger partial charge in [-0.15, -0.1) is 0 Å². The Morgan fingerprint density at radius 1 is 1.30 bits per heavy atom. The molecule has 1 heterocycles. The number of anilines is 1. The van der Waals surface area contributed by atoms with Crippen LogP contribution in [0.4, 0.5) is 5.82 Å². The van der Waals surface area contributed by atoms with E-state index < -0.39 is 0 Å². The highest BCUT2D eigenvalue weighted by atomic mass is 35.5. The predicted octanol–water partition coefficient (Wildman–Crippen LogP) is 4.21. The number of hydrogen-bond acceptors (Lipinski definition) is 3. The summed E-state index contributed by atoms with van der Waals surface area (Å²) in [6.07, 6.45) is 0.986. The topological polar surface area (TPSA) is 48.7 Å². The van der Waals surface area contributed by atoms with Crippen LogP contribution in [0.2, 0.25) is 5.15 Å². The van der Waals surface area contributed by atoms with Crippen molar-refractivity contribution in [1.82, 2.24) is 4.98 Å². The fraction of sp³-hybridized carbons (Fsp3) is 0.250. The minimum absolute atomic E-state index is 0.336. The van der Waals surface area contributed by atoms with Crippen molar-refractivity contribution in [2.24, 2.45) is 0 Å². The van der Waals surface area contributed by atoms with Gasteiger partial charge in [0.25, 0.3) is 0 Å². The molecular weight excluding hydrogens is 270 g/mol. The van der Waals surface area contributed by atoms with Gasteiger partial charge >= 0.3 is 0 Å². The van der Waals surface area contributed by atoms with Crippen LogP contribution >= 0.6 is 11.6 Å². The van der Waals surface area contributed by atoms with E-state index in [1.54, 1.807) is 12.1 Å². The molecule has 2 rings (SSSR count). The van der Waals surface area contributed by atoms with Gasteiger partial charge in [0.2, 0.25) is 0 Å². The quantitative estimate of drug-likeness (QED) is 0.837. The molecule has 0 saturated carbocycles. The van der Waals surface area contributed by atoms with Crippen LogP contribution in [0.15, 0.2) is 42.5 Å². The molecule has 1 aromatic carbocycles. The van der Waals surface area contributed by atoms with E-state index in [1.165, 1.54) is 5.56 Å². The van der Waals surface area contributed by atoms with E-state index in [0.717, 1.165) is 13.0 Å². The van der Waals surface area contributed by atoms with Crippen molar-refractivity contribution in [3.8, 4) is 6.07 Å². The second-order valence-electron chi connectivity index (χ2n) is 4.70. The Kier molecular flexibility index (Phi) is 4.97. The summed E-state index contributed by atoms with van der Waals surface area (Å²) in [7, 11) is 0. The first-order valence-electron chi connectivity index (χ1n) is 6.55. The molecule has 0 saturated heterocycles. The van der Waals surface area contributed by atoms with Gasteiger partial charge in [-0.1, -0.05) is 48.9 Å². The van der Waals surface area contributed by atoms with Crippen LogP contribution in [-0.4, -0.2) is 11.5 Å². The molecule has 0 radical (unpaired) electrons. The van der Waals surface area contributed by atoms with Gasteiger partial charge in [0.05, 0.1) is 11.6 Å². The first-order chi connectivity index (χ1) is 9.69. The third-order valence-corrected chi connectivity index (χ3v) is 3.37. The molecule has 0 aliphatic rings. The molecule has 1 unspecified atom stereocenters. The Hall–Kier alpha value is -2.05. The number of rotatable bonds is 5. The Balaban J connectivity index is 1.90. The van der Waals surface area contributed by atoms with Gasteiger partial charge in [-0.2, -0.15) is 5.26 Å². The third-order valence-electron chi connectivity index (χ3n) is 3.18. The zero-order valence-corrected chi connectivity index (χ0v) is 12.1. The minimum Gasteiger partial charge on any atom is -0.370 e. The lowest BCUT2D eigenvalue weighted by molar-refractivity contribution is 0.705. The van der Waals surface area contributed by atoms with Crippen LogP contribution in [-0.2, 0) is 0 Å². The van der Waals surface area contributed by atoms with Crippen LogP contribution in [0.3, 0.4) is 0 Å². The molecule has 20 heavy (non-hydrogen) atoms. The van der Waals surface area contributed by atoms with E-state index in [0.29, 0.717) is 22.5 Å². The molecule has 2 aromatic rings. The molecule has 1 N–H and O–H groups in total. The number of benzene rings is 1. The second-order valence-corrected chi connectivity index (χ2v) is 5.09. The van der Waals surface area contributed by atoms with Crippen molar-refractivity contribution in [2.75, 3.05) is 11.9 Å². The van der Waals surface area contributed by atoms with E-state index in [1.807, 2.05) is 6.07 Å². The van der Waals surface area contributed by atoms with Gasteiger partial charge in [0, 0.05) is 6.54 Å². The lowest BCUT2D eigenvalue weighted by atomic mass is 9.98. The summed E-state index contributed by atoms with van der Waals surface area (Å²) in [4.78, 5) is 4.15. The maximum absolute atomic E-state index is 8.88. The van der Waals surface area contributed by atoms with Gasteiger partial charge in [-0.3, -0.25) is 0 Å². The monoisotopic (exact) mass is 285 g/mol. The van der Waals surface area contributed by atoms with Gasteiger partial charge in [-0.05, 0) is 30.0 Å². The molecule has 0 aliphatic carbocycles. The largest absolute Gasteiger partial charge is 0.370 e. The highest BCUT2D eigenvalue weighted by molar-refractivity contribution is 6.29. The van der Waals surface area contributed by atoms with Crippen molar-refractivity contribution < 1.29 is 0 Å². The standard InChI is InChI=1S/C16H16ClN3/c1-12(14-5-3-2-4-6-14)7-8-19-16-10-13(11-18)9-15(17)20-16/h2-6,9-10,12H,7-8H2,1H3,(H,19,20). The number of halogens is 1. The van der Waals surface area contributed by atoms with E-state index in [2.05, 4.69) is 47.6 Å². The first-order valence-corrected chi connectivity index (χ1v) is 6.93. The maximum atomic E-state index is 8.88. The Morgan fingerprint density at radius 3 is 2.75 bits per heavy atom. The van der Waals surface area contributed by atoms with Gasteiger partial charge in [0.1, 0.15) is 11.0 Å². The van der Waals surface area contributed by atoms with Crippen LogP contribution < -0.4 is 5.32 Å². The summed E-state index contributed by atoms with van der Waals surface area (Å²) >= 11 is 5.86. The highest BCUT2D eigenvalue weighted by Crippen LogP contribution is 2.19. The summed E-state index contributed by atoms with van der Waals surface area (Å²) in [5.41, 5.74) is 1.84. The summed E-state index contributed by atoms with van der Waals surface area (Å²) < 4.78 is 0. The number of nitriles is 1. The summed E-state index contributed by atoms with van der Waals surface area (Å²) in [6.45, 7) is 2.98. The average Bonchev–Trinajstić information content (AvgIpc) is 2.47. The van der Waals surface area contributed by atoms with Crippen molar-refractivity contribution in [1.29, 1.82) is 5.26 Å². The van der Waals surface area contributed by atoms with Crippen molar-refractivity contribution in [3.63, 3.8) is 0 Å². The van der Waals surface area contributed by atoms with E-state index in [-0.39, 0.29) is 0 Å². The molecule has 0 amide bonds. The Morgan fingerprint density at radius 2 is 2.05 bits per heavy atom. The second kappa shape index (κ2) is 6.93. The normalized spacial score (nSPS) is 11.7. The van der Waals surface area contributed by atoms with Crippen LogP contribution in [0.1, 0.15) is 30.4 Å². The molecule has 4 heteroatoms. The molecule has 3 nitrogen and oxygen atoms in total. The fourth-order valence-electron chi connectivity index (χ4n) is 2.02. The summed E-state index contributed by atoms with van der Waals surface area (Å²) in [6, 6.07) is 15.7. The zero-order valence-electron chi connectivity index (χ0n) is 11.3. The zero-order chi connectivity index (χ0) is 14.4. The molecule has 0 bridgehead atoms. The van der Waals surface area contributed by atoms with Crippen molar-refractivity contribution in [3.05, 3.63) is 58.7 Å². The van der Waals surface area contributed by atoms with Gasteiger partial charge < -0.3 is 5.32 Å². The number of pyridine rings is 1. The van der Waals surface area contributed by atoms with Gasteiger partial charge in [-0.25, -0.2) is 4.98 Å². The molecule has 1 aromatic heterocycles. The SMILES string of the molecule is CC(CCNc1cc(C#N)cc(Cl)n1)c1ccccc1. The van der Waals surface area contributed by atoms with Crippen molar-refractivity contribution in [2.45, 2.75) is 19.3 Å². The van der Waals surface area contributed by atoms with Gasteiger partial charge in [0.15, 0.2) is 0 Å². The maximum Gasteiger partial charge on any atom is 0.132 e. The minimum atomic E-state index is 0.336. The summed E-state index contributed by atoms with van der Waals surface area (Å²) in [5.74, 6) is 1.12. The summed E-state index contributed by atoms with van der Waals surface area (Å²) in [5, 5.41) is 12.4. The molecule has 1 atom stereocenters. The smallest absolute Gasteiger partial charge is 0.132 e. The number of hydrogen-bond donors (Lipinski definition) is 1. The molecule has 0 aliphatic heterocycles. The molecule has 102 valence electrons. The highest BCUT2D eigenvalue weighted by Gasteiger charge is 2.05. The fourth-order valence-corrected chi connectivity index (χ4v) is 2.23. The Labute approximate surface area is 124 Å². The lowest BCUT2D eigenvalue weighted by Crippen LogP contribution is -2.07. The average molecular weight is 286 g/mol. The Bertz CT molecular complexity index is 605. The molecular formula is C16H16ClN3. The first kappa shape index (κ1) is 14.4. The van der Waals surface area contributed by atoms with Crippen LogP contribution in [0.25, 0.3) is 0 Å². The molecule has 0 spiro atoms. The van der Waals surface area contributed by atoms with E-state index >= 15 is 0 Å². The van der Waals surface area contributed by atoms with E-state index in [9.17, 15) is 0 Å². The lowest BCUT2D eigenvalue weighted by Gasteiger charge is -2.12. The molecule has 0 fully saturated rings. The number of aromatic nitrogens is 1. The van der Waals surface area contributed by atoms with E-state index in [4.69, 9.17) is 16.9 Å². The van der Waals surface area contributed by atoms with Crippen LogP contribution in [0.5, 0.6) is 0 Å². The third kappa shape index (κ3) is 3.97. The van der Waals surface area contributed by atoms with Crippen LogP contribution in [0, 0.1) is 11.3 Å². The number of nitrogens with one attached hydrogen (secondary N) is 1. The number of nitrogens with zero attached hydrogens (tertiary/aromatic N) is 2. The van der Waals surface area contributed by atoms with Crippen molar-refractivity contribution >= 4 is 17.4 Å².